The number of benzene rings is 2. The van der Waals surface area contributed by atoms with Gasteiger partial charge in [0.15, 0.2) is 18.1 Å². The van der Waals surface area contributed by atoms with E-state index in [0.717, 1.165) is 0 Å². The minimum Gasteiger partial charge on any atom is -0.493 e. The number of amides is 1. The van der Waals surface area contributed by atoms with Crippen LogP contribution in [0.5, 0.6) is 11.5 Å². The second kappa shape index (κ2) is 7.48. The number of nitrogens with zero attached hydrogens (tertiary/aromatic N) is 2. The van der Waals surface area contributed by atoms with Crippen molar-refractivity contribution in [3.05, 3.63) is 53.6 Å². The topological polar surface area (TPSA) is 95.1 Å². The molecule has 0 saturated heterocycles. The van der Waals surface area contributed by atoms with Crippen LogP contribution in [0.3, 0.4) is 0 Å². The van der Waals surface area contributed by atoms with Crippen LogP contribution in [0.25, 0.3) is 0 Å². The number of carbonyl (C=O) groups is 1. The molecule has 114 valence electrons. The lowest BCUT2D eigenvalue weighted by Gasteiger charge is -2.11. The standard InChI is InChI=1S/C17H13N3O3/c1-22-16-8-13(10-19)5-6-15(16)23-11-17(21)20-14-4-2-3-12(7-14)9-18/h2-8H,11H2,1H3,(H,20,21). The Morgan fingerprint density at radius 2 is 1.83 bits per heavy atom. The summed E-state index contributed by atoms with van der Waals surface area (Å²) >= 11 is 0. The van der Waals surface area contributed by atoms with Crippen molar-refractivity contribution in [2.45, 2.75) is 0 Å². The molecular weight excluding hydrogens is 294 g/mol. The molecule has 0 aliphatic heterocycles. The third-order valence-electron chi connectivity index (χ3n) is 2.93. The molecule has 1 N–H and O–H groups in total. The summed E-state index contributed by atoms with van der Waals surface area (Å²) in [4.78, 5) is 11.9. The fourth-order valence-electron chi connectivity index (χ4n) is 1.86. The molecule has 1 amide bonds. The van der Waals surface area contributed by atoms with Gasteiger partial charge in [0.1, 0.15) is 0 Å². The van der Waals surface area contributed by atoms with Crippen LogP contribution in [-0.4, -0.2) is 19.6 Å². The molecule has 0 bridgehead atoms. The van der Waals surface area contributed by atoms with Crippen LogP contribution in [0.15, 0.2) is 42.5 Å². The van der Waals surface area contributed by atoms with Gasteiger partial charge in [0.25, 0.3) is 5.91 Å². The van der Waals surface area contributed by atoms with Crippen LogP contribution in [0.4, 0.5) is 5.69 Å². The molecule has 2 aromatic carbocycles. The summed E-state index contributed by atoms with van der Waals surface area (Å²) in [7, 11) is 1.46. The van der Waals surface area contributed by atoms with E-state index in [0.29, 0.717) is 28.3 Å². The molecule has 0 spiro atoms. The van der Waals surface area contributed by atoms with Gasteiger partial charge < -0.3 is 14.8 Å². The first kappa shape index (κ1) is 15.9. The van der Waals surface area contributed by atoms with Gasteiger partial charge >= 0.3 is 0 Å². The van der Waals surface area contributed by atoms with Crippen LogP contribution in [0.2, 0.25) is 0 Å². The summed E-state index contributed by atoms with van der Waals surface area (Å²) in [6, 6.07) is 15.2. The van der Waals surface area contributed by atoms with Gasteiger partial charge in [-0.15, -0.1) is 0 Å². The number of nitrogens with one attached hydrogen (secondary N) is 1. The van der Waals surface area contributed by atoms with Gasteiger partial charge in [-0.25, -0.2) is 0 Å². The summed E-state index contributed by atoms with van der Waals surface area (Å²) in [5.41, 5.74) is 1.41. The second-order valence-electron chi connectivity index (χ2n) is 4.51. The number of nitriles is 2. The maximum Gasteiger partial charge on any atom is 0.262 e. The van der Waals surface area contributed by atoms with Gasteiger partial charge in [0.2, 0.25) is 0 Å². The Balaban J connectivity index is 1.99. The van der Waals surface area contributed by atoms with E-state index >= 15 is 0 Å². The second-order valence-corrected chi connectivity index (χ2v) is 4.51. The average molecular weight is 307 g/mol. The van der Waals surface area contributed by atoms with Gasteiger partial charge in [0, 0.05) is 11.8 Å². The molecule has 2 rings (SSSR count). The monoisotopic (exact) mass is 307 g/mol. The molecule has 23 heavy (non-hydrogen) atoms. The zero-order valence-electron chi connectivity index (χ0n) is 12.4. The quantitative estimate of drug-likeness (QED) is 0.915. The van der Waals surface area contributed by atoms with Crippen molar-refractivity contribution in [2.24, 2.45) is 0 Å². The van der Waals surface area contributed by atoms with Crippen molar-refractivity contribution in [3.63, 3.8) is 0 Å². The smallest absolute Gasteiger partial charge is 0.262 e. The highest BCUT2D eigenvalue weighted by molar-refractivity contribution is 5.92. The third kappa shape index (κ3) is 4.23. The lowest BCUT2D eigenvalue weighted by molar-refractivity contribution is -0.118. The Morgan fingerprint density at radius 1 is 1.09 bits per heavy atom. The van der Waals surface area contributed by atoms with Gasteiger partial charge in [0.05, 0.1) is 30.4 Å². The minimum atomic E-state index is -0.369. The van der Waals surface area contributed by atoms with E-state index in [-0.39, 0.29) is 12.5 Å². The molecular formula is C17H13N3O3. The SMILES string of the molecule is COc1cc(C#N)ccc1OCC(=O)Nc1cccc(C#N)c1. The molecule has 0 aromatic heterocycles. The van der Waals surface area contributed by atoms with Gasteiger partial charge in [-0.05, 0) is 30.3 Å². The van der Waals surface area contributed by atoms with E-state index in [1.807, 2.05) is 12.1 Å². The lowest BCUT2D eigenvalue weighted by Crippen LogP contribution is -2.20. The first-order valence-corrected chi connectivity index (χ1v) is 6.67. The van der Waals surface area contributed by atoms with E-state index in [1.165, 1.54) is 13.2 Å². The zero-order chi connectivity index (χ0) is 16.7. The number of anilines is 1. The number of hydrogen-bond donors (Lipinski definition) is 1. The fraction of sp³-hybridized carbons (Fsp3) is 0.118. The number of carbonyl (C=O) groups excluding carboxylic acids is 1. The lowest BCUT2D eigenvalue weighted by atomic mass is 10.2. The van der Waals surface area contributed by atoms with Crippen LogP contribution >= 0.6 is 0 Å². The fourth-order valence-corrected chi connectivity index (χ4v) is 1.86. The van der Waals surface area contributed by atoms with E-state index in [1.54, 1.807) is 36.4 Å². The minimum absolute atomic E-state index is 0.223. The van der Waals surface area contributed by atoms with E-state index in [4.69, 9.17) is 20.0 Å². The largest absolute Gasteiger partial charge is 0.493 e. The van der Waals surface area contributed by atoms with Crippen molar-refractivity contribution in [1.29, 1.82) is 10.5 Å². The Hall–Kier alpha value is -3.51. The normalized spacial score (nSPS) is 9.35. The molecule has 6 nitrogen and oxygen atoms in total. The third-order valence-corrected chi connectivity index (χ3v) is 2.93. The highest BCUT2D eigenvalue weighted by Gasteiger charge is 2.09. The number of methoxy groups -OCH3 is 1. The molecule has 0 heterocycles. The predicted octanol–water partition coefficient (Wildman–Crippen LogP) is 2.46. The number of rotatable bonds is 5. The van der Waals surface area contributed by atoms with Crippen molar-refractivity contribution in [2.75, 3.05) is 19.0 Å². The number of hydrogen-bond acceptors (Lipinski definition) is 5. The van der Waals surface area contributed by atoms with E-state index in [2.05, 4.69) is 5.32 Å². The maximum absolute atomic E-state index is 11.9. The summed E-state index contributed by atoms with van der Waals surface area (Å²) in [6.45, 7) is -0.223. The van der Waals surface area contributed by atoms with E-state index in [9.17, 15) is 4.79 Å². The van der Waals surface area contributed by atoms with Crippen molar-refractivity contribution < 1.29 is 14.3 Å². The van der Waals surface area contributed by atoms with Crippen LogP contribution in [-0.2, 0) is 4.79 Å². The Bertz CT molecular complexity index is 803. The molecule has 0 radical (unpaired) electrons. The summed E-state index contributed by atoms with van der Waals surface area (Å²) in [6.07, 6.45) is 0. The van der Waals surface area contributed by atoms with Crippen molar-refractivity contribution in [3.8, 4) is 23.6 Å². The van der Waals surface area contributed by atoms with Crippen LogP contribution in [0.1, 0.15) is 11.1 Å². The van der Waals surface area contributed by atoms with Gasteiger partial charge in [-0.3, -0.25) is 4.79 Å². The van der Waals surface area contributed by atoms with Crippen molar-refractivity contribution >= 4 is 11.6 Å². The highest BCUT2D eigenvalue weighted by atomic mass is 16.5. The molecule has 0 saturated carbocycles. The predicted molar refractivity (Wildman–Crippen MR) is 83.0 cm³/mol. The van der Waals surface area contributed by atoms with Gasteiger partial charge in [-0.1, -0.05) is 6.07 Å². The Labute approximate surface area is 133 Å². The van der Waals surface area contributed by atoms with Crippen LogP contribution in [0, 0.1) is 22.7 Å². The molecule has 0 atom stereocenters. The summed E-state index contributed by atoms with van der Waals surface area (Å²) < 4.78 is 10.5. The Morgan fingerprint density at radius 3 is 2.52 bits per heavy atom. The molecule has 0 fully saturated rings. The highest BCUT2D eigenvalue weighted by Crippen LogP contribution is 2.27. The molecule has 0 unspecified atom stereocenters. The van der Waals surface area contributed by atoms with Crippen LogP contribution < -0.4 is 14.8 Å². The van der Waals surface area contributed by atoms with Crippen molar-refractivity contribution in [1.82, 2.24) is 0 Å². The molecule has 2 aromatic rings. The first-order valence-electron chi connectivity index (χ1n) is 6.67. The molecule has 6 heteroatoms. The zero-order valence-corrected chi connectivity index (χ0v) is 12.4. The average Bonchev–Trinajstić information content (AvgIpc) is 2.59. The van der Waals surface area contributed by atoms with E-state index < -0.39 is 0 Å². The molecule has 0 aliphatic carbocycles. The van der Waals surface area contributed by atoms with Gasteiger partial charge in [-0.2, -0.15) is 10.5 Å². The summed E-state index contributed by atoms with van der Waals surface area (Å²) in [5, 5.41) is 20.3. The summed E-state index contributed by atoms with van der Waals surface area (Å²) in [5.74, 6) is 0.377. The number of ether oxygens (including phenoxy) is 2. The first-order chi connectivity index (χ1) is 11.2. The Kier molecular flexibility index (Phi) is 5.16. The maximum atomic E-state index is 11.9. The molecule has 0 aliphatic rings.